The van der Waals surface area contributed by atoms with E-state index in [9.17, 15) is 19.5 Å². The van der Waals surface area contributed by atoms with Crippen LogP contribution in [0.3, 0.4) is 0 Å². The number of nitrogens with zero attached hydrogens (tertiary/aromatic N) is 3. The van der Waals surface area contributed by atoms with E-state index < -0.39 is 29.9 Å². The van der Waals surface area contributed by atoms with Gasteiger partial charge in [-0.2, -0.15) is 4.98 Å². The van der Waals surface area contributed by atoms with Crippen LogP contribution in [0.5, 0.6) is 0 Å². The van der Waals surface area contributed by atoms with Crippen molar-refractivity contribution in [3.8, 4) is 0 Å². The van der Waals surface area contributed by atoms with E-state index in [1.54, 1.807) is 6.92 Å². The van der Waals surface area contributed by atoms with Gasteiger partial charge in [0.15, 0.2) is 11.2 Å². The number of H-pyrrole nitrogens is 1. The summed E-state index contributed by atoms with van der Waals surface area (Å²) in [7, 11) is 0. The standard InChI is InChI=1S/C16H21N5O6/c1-2-8(23)5-11(25)18-16-19-14-13(15(26)20-16)17-7-21(14)12-6-9(24)10(27-12)3-4-22/h7,9-10,12,22,24H,2-6H2,1H3,(H2,18,19,20,25,26)/t9-,10-,12-/m1/s1. The number of ketones is 1. The van der Waals surface area contributed by atoms with E-state index in [0.717, 1.165) is 0 Å². The number of imidazole rings is 1. The van der Waals surface area contributed by atoms with Gasteiger partial charge in [0.25, 0.3) is 5.56 Å². The minimum atomic E-state index is -0.763. The molecular formula is C16H21N5O6. The molecule has 11 heteroatoms. The highest BCUT2D eigenvalue weighted by Crippen LogP contribution is 2.31. The summed E-state index contributed by atoms with van der Waals surface area (Å²) in [5, 5.41) is 21.5. The van der Waals surface area contributed by atoms with Crippen molar-refractivity contribution in [3.63, 3.8) is 0 Å². The van der Waals surface area contributed by atoms with Crippen LogP contribution in [0.4, 0.5) is 5.95 Å². The average molecular weight is 379 g/mol. The Morgan fingerprint density at radius 3 is 2.96 bits per heavy atom. The van der Waals surface area contributed by atoms with E-state index in [-0.39, 0.29) is 55.2 Å². The molecule has 1 saturated heterocycles. The van der Waals surface area contributed by atoms with Gasteiger partial charge in [0.05, 0.1) is 25.0 Å². The number of aliphatic hydroxyl groups is 2. The quantitative estimate of drug-likeness (QED) is 0.467. The van der Waals surface area contributed by atoms with Gasteiger partial charge in [-0.3, -0.25) is 29.3 Å². The van der Waals surface area contributed by atoms with E-state index in [2.05, 4.69) is 20.3 Å². The number of carbonyl (C=O) groups is 2. The fourth-order valence-electron chi connectivity index (χ4n) is 2.95. The van der Waals surface area contributed by atoms with Gasteiger partial charge in [-0.05, 0) is 6.42 Å². The summed E-state index contributed by atoms with van der Waals surface area (Å²) in [6.07, 6.45) is -0.0709. The van der Waals surface area contributed by atoms with Gasteiger partial charge in [-0.25, -0.2) is 4.98 Å². The highest BCUT2D eigenvalue weighted by atomic mass is 16.5. The Morgan fingerprint density at radius 1 is 1.48 bits per heavy atom. The smallest absolute Gasteiger partial charge is 0.280 e. The fraction of sp³-hybridized carbons (Fsp3) is 0.562. The molecule has 0 bridgehead atoms. The van der Waals surface area contributed by atoms with Crippen LogP contribution >= 0.6 is 0 Å². The number of fused-ring (bicyclic) bond motifs is 1. The van der Waals surface area contributed by atoms with Crippen molar-refractivity contribution in [1.82, 2.24) is 19.5 Å². The molecule has 3 heterocycles. The Kier molecular flexibility index (Phi) is 5.63. The lowest BCUT2D eigenvalue weighted by Gasteiger charge is -2.14. The van der Waals surface area contributed by atoms with Crippen molar-refractivity contribution in [2.24, 2.45) is 0 Å². The Labute approximate surface area is 153 Å². The third-order valence-electron chi connectivity index (χ3n) is 4.37. The van der Waals surface area contributed by atoms with Crippen LogP contribution in [0, 0.1) is 0 Å². The van der Waals surface area contributed by atoms with Gasteiger partial charge in [-0.1, -0.05) is 6.92 Å². The van der Waals surface area contributed by atoms with Crippen LogP contribution in [0.2, 0.25) is 0 Å². The van der Waals surface area contributed by atoms with Gasteiger partial charge < -0.3 is 14.9 Å². The number of anilines is 1. The van der Waals surface area contributed by atoms with Crippen LogP contribution in [-0.4, -0.2) is 60.2 Å². The van der Waals surface area contributed by atoms with Crippen LogP contribution in [-0.2, 0) is 14.3 Å². The molecule has 3 rings (SSSR count). The molecular weight excluding hydrogens is 358 g/mol. The lowest BCUT2D eigenvalue weighted by molar-refractivity contribution is -0.125. The zero-order valence-corrected chi connectivity index (χ0v) is 14.7. The molecule has 11 nitrogen and oxygen atoms in total. The molecule has 0 saturated carbocycles. The summed E-state index contributed by atoms with van der Waals surface area (Å²) < 4.78 is 7.22. The van der Waals surface area contributed by atoms with Crippen LogP contribution in [0.15, 0.2) is 11.1 Å². The number of carbonyl (C=O) groups excluding carboxylic acids is 2. The van der Waals surface area contributed by atoms with Crippen molar-refractivity contribution in [3.05, 3.63) is 16.7 Å². The molecule has 0 aromatic carbocycles. The summed E-state index contributed by atoms with van der Waals surface area (Å²) in [4.78, 5) is 46.1. The molecule has 4 N–H and O–H groups in total. The van der Waals surface area contributed by atoms with Crippen LogP contribution < -0.4 is 10.9 Å². The second-order valence-corrected chi connectivity index (χ2v) is 6.30. The normalized spacial score (nSPS) is 22.3. The molecule has 0 unspecified atom stereocenters. The number of hydrogen-bond donors (Lipinski definition) is 4. The molecule has 2 aromatic rings. The molecule has 1 fully saturated rings. The first-order chi connectivity index (χ1) is 12.9. The maximum atomic E-state index is 12.2. The second kappa shape index (κ2) is 7.94. The Morgan fingerprint density at radius 2 is 2.26 bits per heavy atom. The van der Waals surface area contributed by atoms with E-state index in [1.807, 2.05) is 0 Å². The molecule has 146 valence electrons. The lowest BCUT2D eigenvalue weighted by atomic mass is 10.1. The van der Waals surface area contributed by atoms with E-state index in [4.69, 9.17) is 9.84 Å². The van der Waals surface area contributed by atoms with Crippen LogP contribution in [0.1, 0.15) is 38.8 Å². The first-order valence-electron chi connectivity index (χ1n) is 8.65. The predicted octanol–water partition coefficient (Wildman–Crippen LogP) is -0.542. The molecule has 27 heavy (non-hydrogen) atoms. The maximum absolute atomic E-state index is 12.2. The number of aliphatic hydroxyl groups excluding tert-OH is 2. The third kappa shape index (κ3) is 4.04. The number of ether oxygens (including phenoxy) is 1. The van der Waals surface area contributed by atoms with E-state index >= 15 is 0 Å². The zero-order chi connectivity index (χ0) is 19.6. The number of amides is 1. The SMILES string of the molecule is CCC(=O)CC(=O)Nc1nc2c(ncn2[C@H]2C[C@@H](O)[C@@H](CCO)O2)c(=O)[nH]1. The zero-order valence-electron chi connectivity index (χ0n) is 14.7. The number of aromatic amines is 1. The van der Waals surface area contributed by atoms with Gasteiger partial charge >= 0.3 is 0 Å². The van der Waals surface area contributed by atoms with Crippen LogP contribution in [0.25, 0.3) is 11.2 Å². The molecule has 2 aromatic heterocycles. The number of hydrogen-bond acceptors (Lipinski definition) is 8. The van der Waals surface area contributed by atoms with Crippen molar-refractivity contribution >= 4 is 28.8 Å². The molecule has 3 atom stereocenters. The third-order valence-corrected chi connectivity index (χ3v) is 4.37. The molecule has 0 radical (unpaired) electrons. The van der Waals surface area contributed by atoms with Crippen molar-refractivity contribution < 1.29 is 24.5 Å². The summed E-state index contributed by atoms with van der Waals surface area (Å²) >= 11 is 0. The topological polar surface area (TPSA) is 159 Å². The molecule has 0 spiro atoms. The maximum Gasteiger partial charge on any atom is 0.280 e. The van der Waals surface area contributed by atoms with E-state index in [1.165, 1.54) is 10.9 Å². The molecule has 1 amide bonds. The summed E-state index contributed by atoms with van der Waals surface area (Å²) in [5.74, 6) is -0.913. The van der Waals surface area contributed by atoms with Gasteiger partial charge in [0.2, 0.25) is 11.9 Å². The number of nitrogens with one attached hydrogen (secondary N) is 2. The summed E-state index contributed by atoms with van der Waals surface area (Å²) in [5.41, 5.74) is -0.319. The largest absolute Gasteiger partial charge is 0.396 e. The van der Waals surface area contributed by atoms with Crippen molar-refractivity contribution in [2.45, 2.75) is 51.0 Å². The minimum Gasteiger partial charge on any atom is -0.396 e. The van der Waals surface area contributed by atoms with Crippen molar-refractivity contribution in [2.75, 3.05) is 11.9 Å². The Balaban J connectivity index is 1.86. The first kappa shape index (κ1) is 19.1. The average Bonchev–Trinajstić information content (AvgIpc) is 3.19. The highest BCUT2D eigenvalue weighted by Gasteiger charge is 2.35. The summed E-state index contributed by atoms with van der Waals surface area (Å²) in [6, 6.07) is 0. The van der Waals surface area contributed by atoms with Gasteiger partial charge in [-0.15, -0.1) is 0 Å². The lowest BCUT2D eigenvalue weighted by Crippen LogP contribution is -2.22. The Hall–Kier alpha value is -2.63. The molecule has 0 aliphatic carbocycles. The monoisotopic (exact) mass is 379 g/mol. The van der Waals surface area contributed by atoms with Gasteiger partial charge in [0.1, 0.15) is 12.0 Å². The predicted molar refractivity (Wildman–Crippen MR) is 92.9 cm³/mol. The van der Waals surface area contributed by atoms with E-state index in [0.29, 0.717) is 0 Å². The number of Topliss-reactive ketones (excluding diaryl/α,β-unsaturated/α-hetero) is 1. The number of aromatic nitrogens is 4. The second-order valence-electron chi connectivity index (χ2n) is 6.30. The van der Waals surface area contributed by atoms with Crippen molar-refractivity contribution in [1.29, 1.82) is 0 Å². The summed E-state index contributed by atoms with van der Waals surface area (Å²) in [6.45, 7) is 1.53. The first-order valence-corrected chi connectivity index (χ1v) is 8.65. The Bertz CT molecular complexity index is 906. The fourth-order valence-corrected chi connectivity index (χ4v) is 2.95. The highest BCUT2D eigenvalue weighted by molar-refractivity contribution is 6.03. The van der Waals surface area contributed by atoms with Gasteiger partial charge in [0, 0.05) is 19.4 Å². The molecule has 1 aliphatic heterocycles. The minimum absolute atomic E-state index is 0.0568. The number of rotatable bonds is 7. The molecule has 1 aliphatic rings.